The van der Waals surface area contributed by atoms with Gasteiger partial charge in [0, 0.05) is 38.3 Å². The molecular formula is C23H30N2O2. The van der Waals surface area contributed by atoms with Crippen LogP contribution in [0.3, 0.4) is 0 Å². The molecule has 4 nitrogen and oxygen atoms in total. The van der Waals surface area contributed by atoms with Gasteiger partial charge in [-0.1, -0.05) is 36.4 Å². The van der Waals surface area contributed by atoms with Crippen LogP contribution in [0.2, 0.25) is 0 Å². The summed E-state index contributed by atoms with van der Waals surface area (Å²) >= 11 is 0. The molecule has 0 bridgehead atoms. The maximum atomic E-state index is 11.6. The highest BCUT2D eigenvalue weighted by molar-refractivity contribution is 5.89. The van der Waals surface area contributed by atoms with Crippen molar-refractivity contribution in [1.82, 2.24) is 9.80 Å². The lowest BCUT2D eigenvalue weighted by Crippen LogP contribution is -2.55. The SMILES string of the molecule is COC(=O)c1ccc(CN2CC(C)N(Cc3ccccc3C)[C@@H](C)C2)cc1. The molecule has 0 aromatic heterocycles. The number of hydrogen-bond donors (Lipinski definition) is 0. The van der Waals surface area contributed by atoms with E-state index in [4.69, 9.17) is 4.74 Å². The van der Waals surface area contributed by atoms with Crippen molar-refractivity contribution in [2.75, 3.05) is 20.2 Å². The molecule has 1 fully saturated rings. The molecule has 1 unspecified atom stereocenters. The second-order valence-corrected chi connectivity index (χ2v) is 7.68. The van der Waals surface area contributed by atoms with Crippen LogP contribution in [0.4, 0.5) is 0 Å². The summed E-state index contributed by atoms with van der Waals surface area (Å²) in [6.07, 6.45) is 0. The first-order valence-corrected chi connectivity index (χ1v) is 9.67. The summed E-state index contributed by atoms with van der Waals surface area (Å²) in [6, 6.07) is 17.4. The Kier molecular flexibility index (Phi) is 6.30. The zero-order valence-electron chi connectivity index (χ0n) is 16.8. The highest BCUT2D eigenvalue weighted by atomic mass is 16.5. The van der Waals surface area contributed by atoms with E-state index in [-0.39, 0.29) is 5.97 Å². The van der Waals surface area contributed by atoms with Crippen molar-refractivity contribution < 1.29 is 9.53 Å². The van der Waals surface area contributed by atoms with Gasteiger partial charge in [-0.25, -0.2) is 4.79 Å². The minimum absolute atomic E-state index is 0.284. The predicted molar refractivity (Wildman–Crippen MR) is 109 cm³/mol. The number of methoxy groups -OCH3 is 1. The van der Waals surface area contributed by atoms with Gasteiger partial charge in [0.15, 0.2) is 0 Å². The molecule has 0 saturated carbocycles. The summed E-state index contributed by atoms with van der Waals surface area (Å²) in [5.74, 6) is -0.284. The Morgan fingerprint density at radius 2 is 1.63 bits per heavy atom. The van der Waals surface area contributed by atoms with Gasteiger partial charge in [0.05, 0.1) is 12.7 Å². The second-order valence-electron chi connectivity index (χ2n) is 7.68. The first kappa shape index (κ1) is 19.6. The topological polar surface area (TPSA) is 32.8 Å². The Hall–Kier alpha value is -2.17. The van der Waals surface area contributed by atoms with Crippen molar-refractivity contribution in [3.8, 4) is 0 Å². The number of carbonyl (C=O) groups is 1. The quantitative estimate of drug-likeness (QED) is 0.752. The standard InChI is InChI=1S/C23H30N2O2/c1-17-7-5-6-8-22(17)16-25-18(2)13-24(14-19(25)3)15-20-9-11-21(12-10-20)23(26)27-4/h5-12,18-19H,13-16H2,1-4H3/t18-,19?/m0/s1. The summed E-state index contributed by atoms with van der Waals surface area (Å²) in [4.78, 5) is 16.7. The van der Waals surface area contributed by atoms with E-state index in [9.17, 15) is 4.79 Å². The zero-order chi connectivity index (χ0) is 19.4. The van der Waals surface area contributed by atoms with Gasteiger partial charge in [0.25, 0.3) is 0 Å². The number of rotatable bonds is 5. The zero-order valence-corrected chi connectivity index (χ0v) is 16.8. The summed E-state index contributed by atoms with van der Waals surface area (Å²) in [5.41, 5.74) is 4.62. The largest absolute Gasteiger partial charge is 0.465 e. The van der Waals surface area contributed by atoms with Crippen LogP contribution >= 0.6 is 0 Å². The summed E-state index contributed by atoms with van der Waals surface area (Å²) in [5, 5.41) is 0. The van der Waals surface area contributed by atoms with Crippen LogP contribution in [-0.4, -0.2) is 48.1 Å². The Labute approximate surface area is 162 Å². The lowest BCUT2D eigenvalue weighted by molar-refractivity contribution is 0.0289. The smallest absolute Gasteiger partial charge is 0.337 e. The van der Waals surface area contributed by atoms with Gasteiger partial charge in [-0.15, -0.1) is 0 Å². The lowest BCUT2D eigenvalue weighted by Gasteiger charge is -2.44. The van der Waals surface area contributed by atoms with E-state index in [1.807, 2.05) is 24.3 Å². The molecule has 2 aromatic rings. The molecule has 1 saturated heterocycles. The number of aryl methyl sites for hydroxylation is 1. The fraction of sp³-hybridized carbons (Fsp3) is 0.435. The molecule has 0 N–H and O–H groups in total. The Balaban J connectivity index is 1.61. The van der Waals surface area contributed by atoms with E-state index in [2.05, 4.69) is 54.8 Å². The third-order valence-electron chi connectivity index (χ3n) is 5.57. The molecule has 2 aromatic carbocycles. The van der Waals surface area contributed by atoms with E-state index in [1.54, 1.807) is 0 Å². The van der Waals surface area contributed by atoms with Crippen molar-refractivity contribution in [2.45, 2.75) is 45.9 Å². The van der Waals surface area contributed by atoms with Gasteiger partial charge in [-0.3, -0.25) is 9.80 Å². The van der Waals surface area contributed by atoms with Gasteiger partial charge in [-0.2, -0.15) is 0 Å². The molecule has 27 heavy (non-hydrogen) atoms. The first-order chi connectivity index (χ1) is 13.0. The maximum absolute atomic E-state index is 11.6. The van der Waals surface area contributed by atoms with Crippen LogP contribution in [0, 0.1) is 6.92 Å². The van der Waals surface area contributed by atoms with Crippen LogP contribution in [0.15, 0.2) is 48.5 Å². The highest BCUT2D eigenvalue weighted by Gasteiger charge is 2.29. The molecular weight excluding hydrogens is 336 g/mol. The van der Waals surface area contributed by atoms with E-state index in [0.29, 0.717) is 17.6 Å². The van der Waals surface area contributed by atoms with Crippen LogP contribution in [0.25, 0.3) is 0 Å². The molecule has 0 radical (unpaired) electrons. The van der Waals surface area contributed by atoms with Crippen molar-refractivity contribution in [2.24, 2.45) is 0 Å². The molecule has 1 aliphatic heterocycles. The Morgan fingerprint density at radius 1 is 1.00 bits per heavy atom. The number of piperazine rings is 1. The molecule has 1 aliphatic rings. The normalized spacial score (nSPS) is 21.2. The van der Waals surface area contributed by atoms with E-state index in [1.165, 1.54) is 23.8 Å². The summed E-state index contributed by atoms with van der Waals surface area (Å²) in [6.45, 7) is 10.9. The van der Waals surface area contributed by atoms with Crippen molar-refractivity contribution in [3.05, 3.63) is 70.8 Å². The summed E-state index contributed by atoms with van der Waals surface area (Å²) in [7, 11) is 1.41. The number of benzene rings is 2. The Morgan fingerprint density at radius 3 is 2.22 bits per heavy atom. The van der Waals surface area contributed by atoms with Gasteiger partial charge in [-0.05, 0) is 49.6 Å². The van der Waals surface area contributed by atoms with Crippen molar-refractivity contribution >= 4 is 5.97 Å². The third-order valence-corrected chi connectivity index (χ3v) is 5.57. The van der Waals surface area contributed by atoms with Crippen molar-refractivity contribution in [3.63, 3.8) is 0 Å². The number of nitrogens with zero attached hydrogens (tertiary/aromatic N) is 2. The molecule has 0 amide bonds. The molecule has 1 heterocycles. The fourth-order valence-electron chi connectivity index (χ4n) is 4.01. The predicted octanol–water partition coefficient (Wildman–Crippen LogP) is 3.88. The van der Waals surface area contributed by atoms with Gasteiger partial charge in [0.2, 0.25) is 0 Å². The van der Waals surface area contributed by atoms with Crippen LogP contribution in [-0.2, 0) is 17.8 Å². The van der Waals surface area contributed by atoms with Gasteiger partial charge < -0.3 is 4.74 Å². The van der Waals surface area contributed by atoms with Crippen LogP contribution < -0.4 is 0 Å². The fourth-order valence-corrected chi connectivity index (χ4v) is 4.01. The average Bonchev–Trinajstić information content (AvgIpc) is 2.66. The number of esters is 1. The maximum Gasteiger partial charge on any atom is 0.337 e. The van der Waals surface area contributed by atoms with Crippen molar-refractivity contribution in [1.29, 1.82) is 0 Å². The molecule has 0 aliphatic carbocycles. The lowest BCUT2D eigenvalue weighted by atomic mass is 10.0. The third kappa shape index (κ3) is 4.76. The average molecular weight is 367 g/mol. The number of carbonyl (C=O) groups excluding carboxylic acids is 1. The van der Waals surface area contributed by atoms with Crippen LogP contribution in [0.5, 0.6) is 0 Å². The van der Waals surface area contributed by atoms with Crippen LogP contribution in [0.1, 0.15) is 40.9 Å². The molecule has 144 valence electrons. The monoisotopic (exact) mass is 366 g/mol. The second kappa shape index (κ2) is 8.68. The minimum atomic E-state index is -0.284. The number of ether oxygens (including phenoxy) is 1. The molecule has 3 rings (SSSR count). The molecule has 0 spiro atoms. The Bertz CT molecular complexity index is 760. The van der Waals surface area contributed by atoms with Gasteiger partial charge >= 0.3 is 5.97 Å². The molecule has 4 heteroatoms. The molecule has 2 atom stereocenters. The van der Waals surface area contributed by atoms with Gasteiger partial charge in [0.1, 0.15) is 0 Å². The highest BCUT2D eigenvalue weighted by Crippen LogP contribution is 2.22. The first-order valence-electron chi connectivity index (χ1n) is 9.67. The van der Waals surface area contributed by atoms with E-state index >= 15 is 0 Å². The number of hydrogen-bond acceptors (Lipinski definition) is 4. The van der Waals surface area contributed by atoms with E-state index in [0.717, 1.165) is 26.2 Å². The van der Waals surface area contributed by atoms with E-state index < -0.39 is 0 Å². The minimum Gasteiger partial charge on any atom is -0.465 e. The summed E-state index contributed by atoms with van der Waals surface area (Å²) < 4.78 is 4.77.